The van der Waals surface area contributed by atoms with Crippen LogP contribution in [0.3, 0.4) is 0 Å². The minimum atomic E-state index is -0.00210. The van der Waals surface area contributed by atoms with E-state index >= 15 is 0 Å². The van der Waals surface area contributed by atoms with E-state index in [1.165, 1.54) is 81.7 Å². The third kappa shape index (κ3) is 7.15. The number of nitrogens with zero attached hydrogens (tertiary/aromatic N) is 3. The summed E-state index contributed by atoms with van der Waals surface area (Å²) >= 11 is 0. The van der Waals surface area contributed by atoms with Gasteiger partial charge in [-0.1, -0.05) is 191 Å². The van der Waals surface area contributed by atoms with Crippen molar-refractivity contribution < 1.29 is 0 Å². The van der Waals surface area contributed by atoms with Gasteiger partial charge in [-0.2, -0.15) is 0 Å². The van der Waals surface area contributed by atoms with Crippen molar-refractivity contribution >= 4 is 92.7 Å². The highest BCUT2D eigenvalue weighted by Gasteiger charge is 2.24. The molecular formula is C71H51N3. The molecule has 350 valence electrons. The molecule has 0 aliphatic heterocycles. The van der Waals surface area contributed by atoms with Gasteiger partial charge in [0.2, 0.25) is 0 Å². The van der Waals surface area contributed by atoms with Gasteiger partial charge in [0.25, 0.3) is 0 Å². The van der Waals surface area contributed by atoms with E-state index in [2.05, 4.69) is 285 Å². The van der Waals surface area contributed by atoms with Crippen LogP contribution in [0.4, 0.5) is 17.1 Å². The number of fused-ring (bicyclic) bond motifs is 12. The van der Waals surface area contributed by atoms with Gasteiger partial charge in [0.05, 0.1) is 11.0 Å². The summed E-state index contributed by atoms with van der Waals surface area (Å²) in [4.78, 5) is 8.11. The summed E-state index contributed by atoms with van der Waals surface area (Å²) in [5, 5.41) is 14.6. The van der Waals surface area contributed by atoms with E-state index in [1.54, 1.807) is 0 Å². The summed E-state index contributed by atoms with van der Waals surface area (Å²) in [6.07, 6.45) is 0. The van der Waals surface area contributed by atoms with Crippen molar-refractivity contribution in [2.45, 2.75) is 26.2 Å². The highest BCUT2D eigenvalue weighted by Crippen LogP contribution is 2.45. The zero-order valence-corrected chi connectivity index (χ0v) is 41.6. The van der Waals surface area contributed by atoms with Crippen molar-refractivity contribution in [1.82, 2.24) is 9.55 Å². The molecule has 0 radical (unpaired) electrons. The molecule has 0 saturated heterocycles. The smallest absolute Gasteiger partial charge is 0.145 e. The summed E-state index contributed by atoms with van der Waals surface area (Å²) in [5.41, 5.74) is 13.5. The SMILES string of the molecule is CC(C)(C)c1ccc(-n2c(-c3ccc(N(c4ccccc4)c4ccccc4)cc3)nc3c4ccc(-c5cc6ccccc6c6ccccc56)cc4c4cc(-c5cc6ccccc6c6ccccc56)ccc4c32)cc1. The van der Waals surface area contributed by atoms with Crippen molar-refractivity contribution in [3.8, 4) is 39.3 Å². The Morgan fingerprint density at radius 1 is 0.338 bits per heavy atom. The molecule has 0 fully saturated rings. The largest absolute Gasteiger partial charge is 0.311 e. The Kier molecular flexibility index (Phi) is 10.1. The molecule has 0 spiro atoms. The number of benzene rings is 13. The number of aromatic nitrogens is 2. The molecule has 14 aromatic rings. The Labute approximate surface area is 430 Å². The van der Waals surface area contributed by atoms with Crippen LogP contribution >= 0.6 is 0 Å². The average Bonchev–Trinajstić information content (AvgIpc) is 3.87. The molecule has 0 atom stereocenters. The number of hydrogen-bond acceptors (Lipinski definition) is 2. The Hall–Kier alpha value is -9.31. The lowest BCUT2D eigenvalue weighted by Gasteiger charge is -2.25. The Bertz CT molecular complexity index is 4450. The van der Waals surface area contributed by atoms with Crippen molar-refractivity contribution in [1.29, 1.82) is 0 Å². The number of imidazole rings is 1. The van der Waals surface area contributed by atoms with E-state index < -0.39 is 0 Å². The van der Waals surface area contributed by atoms with Crippen LogP contribution in [-0.2, 0) is 5.41 Å². The summed E-state index contributed by atoms with van der Waals surface area (Å²) < 4.78 is 2.42. The van der Waals surface area contributed by atoms with Crippen molar-refractivity contribution in [3.05, 3.63) is 260 Å². The lowest BCUT2D eigenvalue weighted by Crippen LogP contribution is -2.11. The van der Waals surface area contributed by atoms with Gasteiger partial charge in [0.15, 0.2) is 0 Å². The van der Waals surface area contributed by atoms with Crippen LogP contribution in [0.1, 0.15) is 26.3 Å². The molecule has 74 heavy (non-hydrogen) atoms. The predicted molar refractivity (Wildman–Crippen MR) is 316 cm³/mol. The van der Waals surface area contributed by atoms with Gasteiger partial charge in [-0.25, -0.2) is 4.98 Å². The van der Waals surface area contributed by atoms with Gasteiger partial charge < -0.3 is 4.90 Å². The van der Waals surface area contributed by atoms with Crippen LogP contribution in [0.5, 0.6) is 0 Å². The molecule has 1 aromatic heterocycles. The van der Waals surface area contributed by atoms with Crippen LogP contribution < -0.4 is 4.90 Å². The van der Waals surface area contributed by atoms with Crippen LogP contribution in [0.2, 0.25) is 0 Å². The molecule has 0 aliphatic rings. The van der Waals surface area contributed by atoms with Crippen molar-refractivity contribution in [2.75, 3.05) is 4.90 Å². The molecule has 14 rings (SSSR count). The molecule has 13 aromatic carbocycles. The standard InChI is InChI=1S/C71H51N3/c1-71(2,3)51-34-38-55(39-35-51)74-69-63-41-33-50(65-43-48-19-11-13-25-57(48)59-27-15-17-29-61(59)65)45-67(63)66-44-49(64-42-47-18-10-12-24-56(47)58-26-14-16-28-60(58)64)32-40-62(66)68(69)72-70(74)46-30-36-54(37-31-46)73(52-20-6-4-7-21-52)53-22-8-5-9-23-53/h4-45H,1-3H3. The maximum Gasteiger partial charge on any atom is 0.145 e. The highest BCUT2D eigenvalue weighted by molar-refractivity contribution is 6.26. The molecule has 0 unspecified atom stereocenters. The predicted octanol–water partition coefficient (Wildman–Crippen LogP) is 19.7. The molecule has 0 N–H and O–H groups in total. The van der Waals surface area contributed by atoms with Gasteiger partial charge in [-0.15, -0.1) is 0 Å². The second-order valence-corrected chi connectivity index (χ2v) is 20.7. The van der Waals surface area contributed by atoms with E-state index in [0.717, 1.165) is 55.9 Å². The van der Waals surface area contributed by atoms with Crippen molar-refractivity contribution in [3.63, 3.8) is 0 Å². The molecule has 0 bridgehead atoms. The fraction of sp³-hybridized carbons (Fsp3) is 0.0563. The first-order valence-corrected chi connectivity index (χ1v) is 25.7. The van der Waals surface area contributed by atoms with Crippen LogP contribution in [0.25, 0.3) is 115 Å². The minimum Gasteiger partial charge on any atom is -0.311 e. The Morgan fingerprint density at radius 2 is 0.770 bits per heavy atom. The number of hydrogen-bond donors (Lipinski definition) is 0. The first-order chi connectivity index (χ1) is 36.3. The van der Waals surface area contributed by atoms with Gasteiger partial charge in [0, 0.05) is 39.1 Å². The van der Waals surface area contributed by atoms with Gasteiger partial charge in [0.1, 0.15) is 5.82 Å². The third-order valence-electron chi connectivity index (χ3n) is 15.3. The number of anilines is 3. The van der Waals surface area contributed by atoms with Crippen LogP contribution in [-0.4, -0.2) is 9.55 Å². The van der Waals surface area contributed by atoms with Crippen molar-refractivity contribution in [2.24, 2.45) is 0 Å². The van der Waals surface area contributed by atoms with Crippen LogP contribution in [0.15, 0.2) is 255 Å². The molecule has 0 saturated carbocycles. The quantitative estimate of drug-likeness (QED) is 0.148. The molecule has 0 amide bonds. The minimum absolute atomic E-state index is 0.00210. The molecule has 3 nitrogen and oxygen atoms in total. The molecule has 1 heterocycles. The van der Waals surface area contributed by atoms with E-state index in [4.69, 9.17) is 4.98 Å². The van der Waals surface area contributed by atoms with Crippen LogP contribution in [0, 0.1) is 0 Å². The highest BCUT2D eigenvalue weighted by atomic mass is 15.1. The van der Waals surface area contributed by atoms with E-state index in [9.17, 15) is 0 Å². The summed E-state index contributed by atoms with van der Waals surface area (Å²) in [6.45, 7) is 6.84. The second kappa shape index (κ2) is 17.2. The second-order valence-electron chi connectivity index (χ2n) is 20.7. The van der Waals surface area contributed by atoms with Gasteiger partial charge in [-0.3, -0.25) is 4.57 Å². The summed E-state index contributed by atoms with van der Waals surface area (Å²) in [6, 6.07) is 93.5. The van der Waals surface area contributed by atoms with Gasteiger partial charge >= 0.3 is 0 Å². The maximum absolute atomic E-state index is 5.80. The molecular weight excluding hydrogens is 895 g/mol. The van der Waals surface area contributed by atoms with E-state index in [-0.39, 0.29) is 5.41 Å². The first-order valence-electron chi connectivity index (χ1n) is 25.7. The Balaban J connectivity index is 1.06. The zero-order valence-electron chi connectivity index (χ0n) is 41.6. The number of rotatable bonds is 7. The normalized spacial score (nSPS) is 12.0. The molecule has 0 aliphatic carbocycles. The fourth-order valence-corrected chi connectivity index (χ4v) is 11.6. The van der Waals surface area contributed by atoms with Gasteiger partial charge in [-0.05, 0) is 172 Å². The van der Waals surface area contributed by atoms with E-state index in [1.807, 2.05) is 0 Å². The summed E-state index contributed by atoms with van der Waals surface area (Å²) in [5.74, 6) is 0.893. The first kappa shape index (κ1) is 43.5. The topological polar surface area (TPSA) is 21.1 Å². The average molecular weight is 946 g/mol. The fourth-order valence-electron chi connectivity index (χ4n) is 11.6. The maximum atomic E-state index is 5.80. The summed E-state index contributed by atoms with van der Waals surface area (Å²) in [7, 11) is 0. The number of para-hydroxylation sites is 2. The lowest BCUT2D eigenvalue weighted by atomic mass is 9.87. The third-order valence-corrected chi connectivity index (χ3v) is 15.3. The van der Waals surface area contributed by atoms with E-state index in [0.29, 0.717) is 0 Å². The Morgan fingerprint density at radius 3 is 1.30 bits per heavy atom. The monoisotopic (exact) mass is 945 g/mol. The zero-order chi connectivity index (χ0) is 49.5. The lowest BCUT2D eigenvalue weighted by molar-refractivity contribution is 0.590. The molecule has 3 heteroatoms.